The summed E-state index contributed by atoms with van der Waals surface area (Å²) in [6.45, 7) is 6.74. The maximum atomic E-state index is 2.51. The molecular weight excluding hydrogens is 745 g/mol. The highest BCUT2D eigenvalue weighted by Gasteiger charge is 2.24. The third-order valence-electron chi connectivity index (χ3n) is 12.2. The van der Waals surface area contributed by atoms with E-state index in [4.69, 9.17) is 0 Å². The highest BCUT2D eigenvalue weighted by atomic mass is 32.1. The molecule has 11 rings (SSSR count). The van der Waals surface area contributed by atoms with Gasteiger partial charge in [0.1, 0.15) is 0 Å². The maximum Gasteiger partial charge on any atom is 0.0555 e. The molecule has 0 aliphatic carbocycles. The van der Waals surface area contributed by atoms with Crippen molar-refractivity contribution in [3.05, 3.63) is 217 Å². The van der Waals surface area contributed by atoms with Crippen LogP contribution in [0.4, 0.5) is 17.1 Å². The van der Waals surface area contributed by atoms with Crippen molar-refractivity contribution in [3.63, 3.8) is 0 Å². The predicted octanol–water partition coefficient (Wildman–Crippen LogP) is 16.5. The Balaban J connectivity index is 1.11. The Morgan fingerprint density at radius 1 is 0.400 bits per heavy atom. The van der Waals surface area contributed by atoms with Crippen LogP contribution in [0.2, 0.25) is 0 Å². The van der Waals surface area contributed by atoms with Crippen LogP contribution in [-0.2, 0) is 0 Å². The lowest BCUT2D eigenvalue weighted by molar-refractivity contribution is 1.18. The van der Waals surface area contributed by atoms with Gasteiger partial charge in [0.15, 0.2) is 0 Å². The van der Waals surface area contributed by atoms with Crippen LogP contribution in [0.15, 0.2) is 200 Å². The van der Waals surface area contributed by atoms with Crippen molar-refractivity contribution in [1.29, 1.82) is 0 Å². The van der Waals surface area contributed by atoms with Gasteiger partial charge >= 0.3 is 0 Å². The number of aromatic nitrogens is 1. The van der Waals surface area contributed by atoms with Crippen molar-refractivity contribution in [2.24, 2.45) is 0 Å². The van der Waals surface area contributed by atoms with E-state index in [9.17, 15) is 0 Å². The van der Waals surface area contributed by atoms with Crippen LogP contribution in [0.5, 0.6) is 0 Å². The first-order valence-corrected chi connectivity index (χ1v) is 21.5. The van der Waals surface area contributed by atoms with Crippen LogP contribution in [-0.4, -0.2) is 4.57 Å². The van der Waals surface area contributed by atoms with E-state index in [0.717, 1.165) is 11.4 Å². The molecule has 0 aliphatic heterocycles. The average molecular weight is 787 g/mol. The molecule has 11 aromatic rings. The summed E-state index contributed by atoms with van der Waals surface area (Å²) in [6, 6.07) is 73.4. The largest absolute Gasteiger partial charge is 0.310 e. The summed E-state index contributed by atoms with van der Waals surface area (Å²) in [5.41, 5.74) is 18.2. The monoisotopic (exact) mass is 786 g/mol. The lowest BCUT2D eigenvalue weighted by Crippen LogP contribution is -2.13. The van der Waals surface area contributed by atoms with E-state index in [1.54, 1.807) is 0 Å². The number of rotatable bonds is 7. The van der Waals surface area contributed by atoms with Crippen molar-refractivity contribution in [2.75, 3.05) is 4.90 Å². The number of anilines is 3. The van der Waals surface area contributed by atoms with Gasteiger partial charge < -0.3 is 9.47 Å². The minimum Gasteiger partial charge on any atom is -0.310 e. The molecule has 9 aromatic carbocycles. The van der Waals surface area contributed by atoms with Gasteiger partial charge in [-0.3, -0.25) is 0 Å². The molecule has 0 amide bonds. The second-order valence-corrected chi connectivity index (χ2v) is 16.9. The lowest BCUT2D eigenvalue weighted by atomic mass is 9.95. The molecule has 0 N–H and O–H groups in total. The normalized spacial score (nSPS) is 11.6. The first-order valence-electron chi connectivity index (χ1n) is 20.7. The maximum absolute atomic E-state index is 2.51. The zero-order chi connectivity index (χ0) is 40.3. The fraction of sp³-hybridized carbons (Fsp3) is 0.0526. The molecule has 0 aliphatic rings. The second kappa shape index (κ2) is 14.6. The van der Waals surface area contributed by atoms with E-state index in [0.29, 0.717) is 0 Å². The van der Waals surface area contributed by atoms with Crippen molar-refractivity contribution in [1.82, 2.24) is 4.57 Å². The number of para-hydroxylation sites is 2. The minimum atomic E-state index is 1.14. The van der Waals surface area contributed by atoms with Crippen LogP contribution >= 0.6 is 11.3 Å². The van der Waals surface area contributed by atoms with Crippen molar-refractivity contribution in [3.8, 4) is 39.1 Å². The topological polar surface area (TPSA) is 8.17 Å². The van der Waals surface area contributed by atoms with Gasteiger partial charge in [-0.1, -0.05) is 140 Å². The van der Waals surface area contributed by atoms with E-state index in [1.165, 1.54) is 103 Å². The summed E-state index contributed by atoms with van der Waals surface area (Å²) in [7, 11) is 0. The molecule has 0 bridgehead atoms. The van der Waals surface area contributed by atoms with Crippen LogP contribution in [0.25, 0.3) is 81.0 Å². The zero-order valence-corrected chi connectivity index (χ0v) is 34.7. The highest BCUT2D eigenvalue weighted by Crippen LogP contribution is 2.50. The molecule has 0 spiro atoms. The molecular formula is C57H42N2S. The molecule has 0 unspecified atom stereocenters. The molecule has 0 radical (unpaired) electrons. The van der Waals surface area contributed by atoms with Crippen molar-refractivity contribution in [2.45, 2.75) is 20.8 Å². The average Bonchev–Trinajstić information content (AvgIpc) is 3.85. The van der Waals surface area contributed by atoms with E-state index < -0.39 is 0 Å². The quantitative estimate of drug-likeness (QED) is 0.156. The van der Waals surface area contributed by atoms with E-state index in [-0.39, 0.29) is 0 Å². The summed E-state index contributed by atoms with van der Waals surface area (Å²) >= 11 is 1.89. The van der Waals surface area contributed by atoms with Gasteiger partial charge in [-0.25, -0.2) is 0 Å². The number of nitrogens with zero attached hydrogens (tertiary/aromatic N) is 2. The SMILES string of the molecule is Cc1cc(N(c2cc(C)c(-c3ccccc3)cc2C)c2ccc(-c3ccc(-n4c5ccccc5c5ccccc54)cc3)c3sc4ccccc4c23)ccc1-c1ccccc1. The summed E-state index contributed by atoms with van der Waals surface area (Å²) in [4.78, 5) is 2.51. The van der Waals surface area contributed by atoms with Gasteiger partial charge in [-0.15, -0.1) is 11.3 Å². The Kier molecular flexibility index (Phi) is 8.72. The molecule has 60 heavy (non-hydrogen) atoms. The third-order valence-corrected chi connectivity index (χ3v) is 13.4. The number of thiophene rings is 1. The number of hydrogen-bond acceptors (Lipinski definition) is 2. The molecule has 3 heteroatoms. The van der Waals surface area contributed by atoms with Gasteiger partial charge in [0.25, 0.3) is 0 Å². The molecule has 2 heterocycles. The van der Waals surface area contributed by atoms with E-state index >= 15 is 0 Å². The molecule has 0 saturated carbocycles. The predicted molar refractivity (Wildman–Crippen MR) is 259 cm³/mol. The fourth-order valence-electron chi connectivity index (χ4n) is 9.32. The smallest absolute Gasteiger partial charge is 0.0555 e. The van der Waals surface area contributed by atoms with E-state index in [2.05, 4.69) is 230 Å². The molecule has 0 atom stereocenters. The Labute approximate surface area is 354 Å². The number of fused-ring (bicyclic) bond motifs is 6. The van der Waals surface area contributed by atoms with Crippen molar-refractivity contribution < 1.29 is 0 Å². The van der Waals surface area contributed by atoms with Crippen molar-refractivity contribution >= 4 is 70.4 Å². The molecule has 2 aromatic heterocycles. The Morgan fingerprint density at radius 2 is 0.950 bits per heavy atom. The molecule has 286 valence electrons. The number of benzene rings is 9. The fourth-order valence-corrected chi connectivity index (χ4v) is 10.6. The van der Waals surface area contributed by atoms with Gasteiger partial charge in [-0.05, 0) is 132 Å². The lowest BCUT2D eigenvalue weighted by Gasteiger charge is -2.30. The summed E-state index contributed by atoms with van der Waals surface area (Å²) in [6.07, 6.45) is 0. The van der Waals surface area contributed by atoms with Gasteiger partial charge in [0, 0.05) is 48.0 Å². The summed E-state index contributed by atoms with van der Waals surface area (Å²) < 4.78 is 4.96. The first kappa shape index (κ1) is 35.9. The third kappa shape index (κ3) is 5.93. The molecule has 0 fully saturated rings. The Morgan fingerprint density at radius 3 is 1.62 bits per heavy atom. The van der Waals surface area contributed by atoms with E-state index in [1.807, 2.05) is 11.3 Å². The van der Waals surface area contributed by atoms with Crippen LogP contribution in [0.3, 0.4) is 0 Å². The van der Waals surface area contributed by atoms with Crippen LogP contribution in [0.1, 0.15) is 16.7 Å². The first-order chi connectivity index (χ1) is 29.5. The van der Waals surface area contributed by atoms with Crippen LogP contribution < -0.4 is 4.90 Å². The molecule has 0 saturated heterocycles. The number of aryl methyl sites for hydroxylation is 3. The van der Waals surface area contributed by atoms with Gasteiger partial charge in [0.05, 0.1) is 16.7 Å². The Hall–Kier alpha value is -7.20. The van der Waals surface area contributed by atoms with Gasteiger partial charge in [0.2, 0.25) is 0 Å². The Bertz CT molecular complexity index is 3340. The summed E-state index contributed by atoms with van der Waals surface area (Å²) in [5, 5.41) is 5.09. The second-order valence-electron chi connectivity index (χ2n) is 15.9. The minimum absolute atomic E-state index is 1.14. The van der Waals surface area contributed by atoms with Crippen LogP contribution in [0, 0.1) is 20.8 Å². The zero-order valence-electron chi connectivity index (χ0n) is 33.9. The molecule has 2 nitrogen and oxygen atoms in total. The highest BCUT2D eigenvalue weighted by molar-refractivity contribution is 7.26. The number of hydrogen-bond donors (Lipinski definition) is 0. The van der Waals surface area contributed by atoms with Gasteiger partial charge in [-0.2, -0.15) is 0 Å². The summed E-state index contributed by atoms with van der Waals surface area (Å²) in [5.74, 6) is 0. The standard InChI is InChI=1S/C57H42N2S/c1-37-34-44(30-31-45(37)40-16-6-4-7-17-40)59(54-36-38(2)50(35-39(54)3)41-18-8-5-9-19-41)53-33-32-46(57-56(53)49-22-12-15-25-55(49)60-57)42-26-28-43(29-27-42)58-51-23-13-10-20-47(51)48-21-11-14-24-52(48)58/h4-36H,1-3H3.